The molecule has 1 rings (SSSR count). The van der Waals surface area contributed by atoms with E-state index in [0.717, 1.165) is 11.1 Å². The maximum Gasteiger partial charge on any atom is 0.166 e. The molecule has 0 aromatic heterocycles. The van der Waals surface area contributed by atoms with Gasteiger partial charge < -0.3 is 9.84 Å². The van der Waals surface area contributed by atoms with E-state index in [1.54, 1.807) is 0 Å². The number of benzene rings is 1. The second kappa shape index (κ2) is 4.88. The topological polar surface area (TPSA) is 29.5 Å². The molecule has 0 bridgehead atoms. The molecule has 1 aromatic rings. The van der Waals surface area contributed by atoms with Gasteiger partial charge in [0.1, 0.15) is 0 Å². The number of alkyl halides is 1. The third-order valence-corrected chi connectivity index (χ3v) is 2.45. The van der Waals surface area contributed by atoms with Gasteiger partial charge in [0.15, 0.2) is 16.5 Å². The Bertz CT molecular complexity index is 346. The van der Waals surface area contributed by atoms with Crippen molar-refractivity contribution in [3.05, 3.63) is 23.3 Å². The van der Waals surface area contributed by atoms with E-state index < -0.39 is 0 Å². The zero-order valence-electron chi connectivity index (χ0n) is 9.54. The lowest BCUT2D eigenvalue weighted by Crippen LogP contribution is -2.05. The number of phenols is 1. The minimum atomic E-state index is -0.109. The first-order valence-corrected chi connectivity index (χ1v) is 5.98. The third-order valence-electron chi connectivity index (χ3n) is 2.27. The Morgan fingerprint density at radius 1 is 1.27 bits per heavy atom. The first-order chi connectivity index (χ1) is 6.93. The molecule has 0 saturated heterocycles. The Morgan fingerprint density at radius 2 is 1.87 bits per heavy atom. The van der Waals surface area contributed by atoms with E-state index in [1.165, 1.54) is 0 Å². The van der Waals surface area contributed by atoms with Gasteiger partial charge >= 0.3 is 0 Å². The maximum absolute atomic E-state index is 9.93. The zero-order chi connectivity index (χ0) is 11.6. The Kier molecular flexibility index (Phi) is 4.03. The van der Waals surface area contributed by atoms with Gasteiger partial charge in [0.05, 0.1) is 0 Å². The number of hydrogen-bond donors (Lipinski definition) is 1. The normalized spacial score (nSPS) is 12.9. The molecule has 0 aliphatic heterocycles. The lowest BCUT2D eigenvalue weighted by atomic mass is 10.00. The van der Waals surface area contributed by atoms with Crippen LogP contribution in [0.1, 0.15) is 37.8 Å². The van der Waals surface area contributed by atoms with Gasteiger partial charge in [-0.15, -0.1) is 0 Å². The van der Waals surface area contributed by atoms with Crippen LogP contribution in [0, 0.1) is 6.92 Å². The van der Waals surface area contributed by atoms with Crippen LogP contribution in [0.3, 0.4) is 0 Å². The van der Waals surface area contributed by atoms with Crippen LogP contribution in [0.4, 0.5) is 0 Å². The summed E-state index contributed by atoms with van der Waals surface area (Å²) in [5, 5.41) is 9.82. The predicted molar refractivity (Wildman–Crippen MR) is 65.9 cm³/mol. The highest BCUT2D eigenvalue weighted by Gasteiger charge is 2.15. The molecule has 0 fully saturated rings. The molecule has 0 aliphatic rings. The number of ether oxygens (including phenoxy) is 1. The highest BCUT2D eigenvalue weighted by molar-refractivity contribution is 9.09. The molecule has 0 aliphatic carbocycles. The summed E-state index contributed by atoms with van der Waals surface area (Å²) in [5.74, 6) is 1.17. The van der Waals surface area contributed by atoms with Crippen LogP contribution in [0.5, 0.6) is 11.5 Å². The minimum Gasteiger partial charge on any atom is -0.504 e. The molecule has 0 saturated carbocycles. The maximum atomic E-state index is 9.93. The predicted octanol–water partition coefficient (Wildman–Crippen LogP) is 3.94. The summed E-state index contributed by atoms with van der Waals surface area (Å²) in [6.45, 7) is 7.91. The number of aryl methyl sites for hydroxylation is 1. The van der Waals surface area contributed by atoms with Gasteiger partial charge in [0.2, 0.25) is 0 Å². The van der Waals surface area contributed by atoms with E-state index in [-0.39, 0.29) is 10.8 Å². The number of rotatable bonds is 3. The largest absolute Gasteiger partial charge is 0.504 e. The Balaban J connectivity index is 3.22. The molecule has 15 heavy (non-hydrogen) atoms. The van der Waals surface area contributed by atoms with Crippen molar-refractivity contribution >= 4 is 15.9 Å². The SMILES string of the molecule is Cc1ccc(C(C)C)c(OC(C)Br)c1O. The molecular weight excluding hydrogens is 256 g/mol. The fraction of sp³-hybridized carbons (Fsp3) is 0.500. The summed E-state index contributed by atoms with van der Waals surface area (Å²) in [6, 6.07) is 3.92. The number of halogens is 1. The highest BCUT2D eigenvalue weighted by atomic mass is 79.9. The van der Waals surface area contributed by atoms with Crippen molar-refractivity contribution in [1.29, 1.82) is 0 Å². The third kappa shape index (κ3) is 2.88. The van der Waals surface area contributed by atoms with Crippen molar-refractivity contribution in [2.75, 3.05) is 0 Å². The van der Waals surface area contributed by atoms with Gasteiger partial charge in [-0.2, -0.15) is 0 Å². The van der Waals surface area contributed by atoms with Crippen LogP contribution in [0.15, 0.2) is 12.1 Å². The Hall–Kier alpha value is -0.700. The van der Waals surface area contributed by atoms with Crippen LogP contribution in [-0.2, 0) is 0 Å². The van der Waals surface area contributed by atoms with Crippen LogP contribution in [0.2, 0.25) is 0 Å². The molecule has 84 valence electrons. The molecule has 1 N–H and O–H groups in total. The molecule has 0 heterocycles. The average molecular weight is 273 g/mol. The zero-order valence-corrected chi connectivity index (χ0v) is 11.1. The van der Waals surface area contributed by atoms with E-state index >= 15 is 0 Å². The second-order valence-corrected chi connectivity index (χ2v) is 5.25. The number of aromatic hydroxyl groups is 1. The van der Waals surface area contributed by atoms with Crippen LogP contribution in [0.25, 0.3) is 0 Å². The molecule has 0 amide bonds. The molecule has 0 radical (unpaired) electrons. The first kappa shape index (κ1) is 12.4. The van der Waals surface area contributed by atoms with Crippen LogP contribution in [-0.4, -0.2) is 10.1 Å². The van der Waals surface area contributed by atoms with Crippen molar-refractivity contribution < 1.29 is 9.84 Å². The van der Waals surface area contributed by atoms with Gasteiger partial charge in [0, 0.05) is 5.56 Å². The highest BCUT2D eigenvalue weighted by Crippen LogP contribution is 2.38. The molecular formula is C12H17BrO2. The van der Waals surface area contributed by atoms with E-state index in [1.807, 2.05) is 26.0 Å². The van der Waals surface area contributed by atoms with Gasteiger partial charge in [0.25, 0.3) is 0 Å². The molecule has 0 spiro atoms. The molecule has 1 aromatic carbocycles. The summed E-state index contributed by atoms with van der Waals surface area (Å²) >= 11 is 3.32. The summed E-state index contributed by atoms with van der Waals surface area (Å²) < 4.78 is 5.58. The van der Waals surface area contributed by atoms with Crippen molar-refractivity contribution in [3.63, 3.8) is 0 Å². The average Bonchev–Trinajstić information content (AvgIpc) is 2.12. The summed E-state index contributed by atoms with van der Waals surface area (Å²) in [4.78, 5) is 0. The first-order valence-electron chi connectivity index (χ1n) is 5.06. The minimum absolute atomic E-state index is 0.109. The van der Waals surface area contributed by atoms with E-state index in [9.17, 15) is 5.11 Å². The van der Waals surface area contributed by atoms with Crippen molar-refractivity contribution in [1.82, 2.24) is 0 Å². The van der Waals surface area contributed by atoms with Crippen LogP contribution >= 0.6 is 15.9 Å². The summed E-state index contributed by atoms with van der Waals surface area (Å²) in [7, 11) is 0. The quantitative estimate of drug-likeness (QED) is 0.845. The van der Waals surface area contributed by atoms with Crippen molar-refractivity contribution in [2.24, 2.45) is 0 Å². The van der Waals surface area contributed by atoms with Gasteiger partial charge in [-0.25, -0.2) is 0 Å². The smallest absolute Gasteiger partial charge is 0.166 e. The van der Waals surface area contributed by atoms with Gasteiger partial charge in [-0.05, 0) is 41.3 Å². The lowest BCUT2D eigenvalue weighted by molar-refractivity contribution is 0.291. The van der Waals surface area contributed by atoms with Gasteiger partial charge in [-0.1, -0.05) is 26.0 Å². The standard InChI is InChI=1S/C12H17BrO2/c1-7(2)10-6-5-8(3)11(14)12(10)15-9(4)13/h5-7,9,14H,1-4H3. The monoisotopic (exact) mass is 272 g/mol. The molecule has 2 nitrogen and oxygen atoms in total. The summed E-state index contributed by atoms with van der Waals surface area (Å²) in [6.07, 6.45) is 0. The second-order valence-electron chi connectivity index (χ2n) is 3.96. The Labute approximate surface area is 99.4 Å². The molecule has 3 heteroatoms. The van der Waals surface area contributed by atoms with Crippen LogP contribution < -0.4 is 4.74 Å². The number of phenolic OH excluding ortho intramolecular Hbond substituents is 1. The molecule has 1 atom stereocenters. The van der Waals surface area contributed by atoms with E-state index in [2.05, 4.69) is 29.8 Å². The van der Waals surface area contributed by atoms with Crippen molar-refractivity contribution in [2.45, 2.75) is 38.6 Å². The van der Waals surface area contributed by atoms with Gasteiger partial charge in [-0.3, -0.25) is 0 Å². The fourth-order valence-corrected chi connectivity index (χ4v) is 1.61. The van der Waals surface area contributed by atoms with E-state index in [0.29, 0.717) is 11.7 Å². The fourth-order valence-electron chi connectivity index (χ4n) is 1.43. The number of hydrogen-bond acceptors (Lipinski definition) is 2. The van der Waals surface area contributed by atoms with Crippen molar-refractivity contribution in [3.8, 4) is 11.5 Å². The molecule has 1 unspecified atom stereocenters. The lowest BCUT2D eigenvalue weighted by Gasteiger charge is -2.18. The van der Waals surface area contributed by atoms with E-state index in [4.69, 9.17) is 4.74 Å². The Morgan fingerprint density at radius 3 is 2.33 bits per heavy atom. The summed E-state index contributed by atoms with van der Waals surface area (Å²) in [5.41, 5.74) is 1.87.